The van der Waals surface area contributed by atoms with Gasteiger partial charge >= 0.3 is 0 Å². The molecule has 2 rings (SSSR count). The average Bonchev–Trinajstić information content (AvgIpc) is 3.09. The number of hydrogen-bond donors (Lipinski definition) is 1. The summed E-state index contributed by atoms with van der Waals surface area (Å²) in [6.45, 7) is 4.47. The zero-order valence-electron chi connectivity index (χ0n) is 10.7. The van der Waals surface area contributed by atoms with Gasteiger partial charge in [0.25, 0.3) is 0 Å². The van der Waals surface area contributed by atoms with E-state index in [1.165, 1.54) is 19.3 Å². The third kappa shape index (κ3) is 2.79. The molecule has 1 heterocycles. The molecule has 1 N–H and O–H groups in total. The third-order valence-corrected chi connectivity index (χ3v) is 3.79. The van der Waals surface area contributed by atoms with Gasteiger partial charge in [0.05, 0.1) is 0 Å². The Morgan fingerprint density at radius 3 is 2.65 bits per heavy atom. The first-order chi connectivity index (χ1) is 8.13. The highest BCUT2D eigenvalue weighted by Gasteiger charge is 2.37. The van der Waals surface area contributed by atoms with Crippen molar-refractivity contribution in [3.8, 4) is 0 Å². The van der Waals surface area contributed by atoms with E-state index in [1.807, 2.05) is 6.92 Å². The lowest BCUT2D eigenvalue weighted by Gasteiger charge is -2.37. The molecule has 2 amide bonds. The largest absolute Gasteiger partial charge is 0.343 e. The van der Waals surface area contributed by atoms with Crippen molar-refractivity contribution in [2.24, 2.45) is 5.92 Å². The number of nitrogens with one attached hydrogen (secondary N) is 1. The number of hydrogen-bond acceptors (Lipinski definition) is 2. The molecule has 2 atom stereocenters. The number of nitrogens with zero attached hydrogens (tertiary/aromatic N) is 1. The Kier molecular flexibility index (Phi) is 3.69. The standard InChI is InChI=1S/C13H22N2O2/c1-3-11-12(16)14-9(2)13(17)15(11)8-4-5-10-6-7-10/h9-11H,3-8H2,1-2H3,(H,14,16). The SMILES string of the molecule is CCC1C(=O)NC(C)C(=O)N1CCCC1CC1. The highest BCUT2D eigenvalue weighted by molar-refractivity contribution is 5.96. The van der Waals surface area contributed by atoms with Crippen LogP contribution in [0.5, 0.6) is 0 Å². The van der Waals surface area contributed by atoms with Crippen molar-refractivity contribution in [3.63, 3.8) is 0 Å². The van der Waals surface area contributed by atoms with Crippen LogP contribution in [0, 0.1) is 5.92 Å². The molecule has 17 heavy (non-hydrogen) atoms. The van der Waals surface area contributed by atoms with Crippen LogP contribution in [0.15, 0.2) is 0 Å². The Morgan fingerprint density at radius 1 is 1.35 bits per heavy atom. The van der Waals surface area contributed by atoms with E-state index in [1.54, 1.807) is 11.8 Å². The molecule has 0 aromatic rings. The molecule has 4 heteroatoms. The van der Waals surface area contributed by atoms with Crippen LogP contribution in [-0.4, -0.2) is 35.3 Å². The molecule has 1 saturated heterocycles. The highest BCUT2D eigenvalue weighted by atomic mass is 16.2. The van der Waals surface area contributed by atoms with E-state index in [0.29, 0.717) is 6.42 Å². The van der Waals surface area contributed by atoms with E-state index >= 15 is 0 Å². The maximum absolute atomic E-state index is 12.0. The van der Waals surface area contributed by atoms with Gasteiger partial charge in [-0.2, -0.15) is 0 Å². The molecule has 0 spiro atoms. The molecule has 1 saturated carbocycles. The summed E-state index contributed by atoms with van der Waals surface area (Å²) < 4.78 is 0. The van der Waals surface area contributed by atoms with Crippen molar-refractivity contribution in [1.82, 2.24) is 10.2 Å². The monoisotopic (exact) mass is 238 g/mol. The summed E-state index contributed by atoms with van der Waals surface area (Å²) in [4.78, 5) is 25.6. The van der Waals surface area contributed by atoms with Crippen molar-refractivity contribution in [1.29, 1.82) is 0 Å². The minimum Gasteiger partial charge on any atom is -0.343 e. The maximum Gasteiger partial charge on any atom is 0.245 e. The van der Waals surface area contributed by atoms with Gasteiger partial charge in [0.15, 0.2) is 0 Å². The van der Waals surface area contributed by atoms with E-state index in [4.69, 9.17) is 0 Å². The predicted octanol–water partition coefficient (Wildman–Crippen LogP) is 1.30. The van der Waals surface area contributed by atoms with Gasteiger partial charge in [0.1, 0.15) is 12.1 Å². The molecule has 2 fully saturated rings. The Bertz CT molecular complexity index is 313. The van der Waals surface area contributed by atoms with Gasteiger partial charge in [-0.3, -0.25) is 9.59 Å². The zero-order chi connectivity index (χ0) is 12.4. The number of carbonyl (C=O) groups is 2. The van der Waals surface area contributed by atoms with Crippen LogP contribution in [0.25, 0.3) is 0 Å². The second-order valence-electron chi connectivity index (χ2n) is 5.27. The lowest BCUT2D eigenvalue weighted by Crippen LogP contribution is -2.62. The fourth-order valence-electron chi connectivity index (χ4n) is 2.54. The summed E-state index contributed by atoms with van der Waals surface area (Å²) in [5.41, 5.74) is 0. The lowest BCUT2D eigenvalue weighted by atomic mass is 10.0. The molecule has 2 unspecified atom stereocenters. The van der Waals surface area contributed by atoms with Crippen LogP contribution in [0.1, 0.15) is 46.0 Å². The fraction of sp³-hybridized carbons (Fsp3) is 0.846. The van der Waals surface area contributed by atoms with Crippen LogP contribution in [0.4, 0.5) is 0 Å². The normalized spacial score (nSPS) is 29.4. The van der Waals surface area contributed by atoms with Gasteiger partial charge in [-0.15, -0.1) is 0 Å². The Morgan fingerprint density at radius 2 is 2.06 bits per heavy atom. The summed E-state index contributed by atoms with van der Waals surface area (Å²) in [6.07, 6.45) is 5.64. The van der Waals surface area contributed by atoms with Crippen LogP contribution >= 0.6 is 0 Å². The quantitative estimate of drug-likeness (QED) is 0.785. The summed E-state index contributed by atoms with van der Waals surface area (Å²) >= 11 is 0. The van der Waals surface area contributed by atoms with Crippen LogP contribution in [0.2, 0.25) is 0 Å². The second kappa shape index (κ2) is 5.07. The van der Waals surface area contributed by atoms with Crippen molar-refractivity contribution < 1.29 is 9.59 Å². The molecular formula is C13H22N2O2. The van der Waals surface area contributed by atoms with Crippen molar-refractivity contribution in [3.05, 3.63) is 0 Å². The highest BCUT2D eigenvalue weighted by Crippen LogP contribution is 2.33. The summed E-state index contributed by atoms with van der Waals surface area (Å²) in [5.74, 6) is 0.972. The van der Waals surface area contributed by atoms with Gasteiger partial charge in [-0.25, -0.2) is 0 Å². The molecular weight excluding hydrogens is 216 g/mol. The molecule has 96 valence electrons. The number of amides is 2. The Balaban J connectivity index is 1.92. The molecule has 0 aromatic carbocycles. The van der Waals surface area contributed by atoms with E-state index in [-0.39, 0.29) is 23.9 Å². The molecule has 2 aliphatic rings. The molecule has 1 aliphatic carbocycles. The first-order valence-electron chi connectivity index (χ1n) is 6.74. The van der Waals surface area contributed by atoms with Crippen LogP contribution < -0.4 is 5.32 Å². The van der Waals surface area contributed by atoms with Crippen molar-refractivity contribution in [2.45, 2.75) is 58.0 Å². The second-order valence-corrected chi connectivity index (χ2v) is 5.27. The van der Waals surface area contributed by atoms with Gasteiger partial charge in [-0.05, 0) is 32.1 Å². The van der Waals surface area contributed by atoms with Crippen molar-refractivity contribution in [2.75, 3.05) is 6.54 Å². The summed E-state index contributed by atoms with van der Waals surface area (Å²) in [5, 5.41) is 2.74. The van der Waals surface area contributed by atoms with Crippen molar-refractivity contribution >= 4 is 11.8 Å². The van der Waals surface area contributed by atoms with E-state index < -0.39 is 0 Å². The minimum absolute atomic E-state index is 0.00558. The smallest absolute Gasteiger partial charge is 0.245 e. The Hall–Kier alpha value is -1.06. The van der Waals surface area contributed by atoms with Crippen LogP contribution in [0.3, 0.4) is 0 Å². The van der Waals surface area contributed by atoms with Gasteiger partial charge in [0, 0.05) is 6.54 Å². The topological polar surface area (TPSA) is 49.4 Å². The fourth-order valence-corrected chi connectivity index (χ4v) is 2.54. The van der Waals surface area contributed by atoms with Gasteiger partial charge < -0.3 is 10.2 Å². The number of carbonyl (C=O) groups excluding carboxylic acids is 2. The summed E-state index contributed by atoms with van der Waals surface area (Å²) in [6, 6.07) is -0.607. The maximum atomic E-state index is 12.0. The molecule has 0 bridgehead atoms. The van der Waals surface area contributed by atoms with E-state index in [0.717, 1.165) is 18.9 Å². The number of piperazine rings is 1. The first-order valence-corrected chi connectivity index (χ1v) is 6.74. The van der Waals surface area contributed by atoms with Gasteiger partial charge in [-0.1, -0.05) is 19.8 Å². The predicted molar refractivity (Wildman–Crippen MR) is 65.4 cm³/mol. The van der Waals surface area contributed by atoms with Crippen LogP contribution in [-0.2, 0) is 9.59 Å². The van der Waals surface area contributed by atoms with E-state index in [2.05, 4.69) is 5.32 Å². The Labute approximate surface area is 103 Å². The third-order valence-electron chi connectivity index (χ3n) is 3.79. The molecule has 1 aliphatic heterocycles. The molecule has 0 radical (unpaired) electrons. The average molecular weight is 238 g/mol. The minimum atomic E-state index is -0.355. The zero-order valence-corrected chi connectivity index (χ0v) is 10.7. The molecule has 0 aromatic heterocycles. The lowest BCUT2D eigenvalue weighted by molar-refractivity contribution is -0.149. The van der Waals surface area contributed by atoms with Gasteiger partial charge in [0.2, 0.25) is 11.8 Å². The number of rotatable bonds is 5. The van der Waals surface area contributed by atoms with E-state index in [9.17, 15) is 9.59 Å². The molecule has 4 nitrogen and oxygen atoms in total. The summed E-state index contributed by atoms with van der Waals surface area (Å²) in [7, 11) is 0. The first kappa shape index (κ1) is 12.4.